The molecular weight excluding hydrogens is 138 g/mol. The van der Waals surface area contributed by atoms with Crippen LogP contribution in [0.5, 0.6) is 0 Å². The number of hydrogen-bond donors (Lipinski definition) is 1. The van der Waals surface area contributed by atoms with Crippen LogP contribution in [-0.2, 0) is 0 Å². The molecule has 1 aliphatic heterocycles. The van der Waals surface area contributed by atoms with Crippen molar-refractivity contribution in [3.05, 3.63) is 11.8 Å². The standard InChI is InChI=1S/C8H13N3/c1-7-6-9-10-8(7)11-4-2-3-5-11/h6H,2-5H2,1H3,(H,9,10). The Morgan fingerprint density at radius 1 is 1.45 bits per heavy atom. The van der Waals surface area contributed by atoms with Crippen molar-refractivity contribution < 1.29 is 0 Å². The van der Waals surface area contributed by atoms with Crippen LogP contribution in [0.1, 0.15) is 18.4 Å². The summed E-state index contributed by atoms with van der Waals surface area (Å²) in [5, 5.41) is 7.08. The predicted octanol–water partition coefficient (Wildman–Crippen LogP) is 1.32. The highest BCUT2D eigenvalue weighted by Crippen LogP contribution is 2.20. The molecule has 0 atom stereocenters. The summed E-state index contributed by atoms with van der Waals surface area (Å²) < 4.78 is 0. The number of aryl methyl sites for hydroxylation is 1. The summed E-state index contributed by atoms with van der Waals surface area (Å²) in [6.07, 6.45) is 4.58. The van der Waals surface area contributed by atoms with E-state index in [0.29, 0.717) is 0 Å². The van der Waals surface area contributed by atoms with Gasteiger partial charge in [0.1, 0.15) is 0 Å². The van der Waals surface area contributed by atoms with E-state index in [4.69, 9.17) is 0 Å². The summed E-state index contributed by atoms with van der Waals surface area (Å²) >= 11 is 0. The predicted molar refractivity (Wildman–Crippen MR) is 44.8 cm³/mol. The molecule has 60 valence electrons. The first kappa shape index (κ1) is 6.70. The molecule has 1 saturated heterocycles. The average Bonchev–Trinajstić information content (AvgIpc) is 2.55. The van der Waals surface area contributed by atoms with Crippen LogP contribution in [0.4, 0.5) is 5.82 Å². The maximum atomic E-state index is 4.20. The second-order valence-electron chi connectivity index (χ2n) is 3.09. The van der Waals surface area contributed by atoms with Gasteiger partial charge in [-0.25, -0.2) is 0 Å². The Kier molecular flexibility index (Phi) is 1.56. The van der Waals surface area contributed by atoms with Gasteiger partial charge in [-0.05, 0) is 19.8 Å². The van der Waals surface area contributed by atoms with Gasteiger partial charge in [0, 0.05) is 24.8 Å². The second kappa shape index (κ2) is 2.57. The third kappa shape index (κ3) is 1.11. The highest BCUT2D eigenvalue weighted by molar-refractivity contribution is 5.45. The minimum Gasteiger partial charge on any atom is -0.355 e. The molecule has 1 aliphatic rings. The molecule has 0 radical (unpaired) electrons. The van der Waals surface area contributed by atoms with Gasteiger partial charge in [-0.15, -0.1) is 0 Å². The molecule has 1 aromatic heterocycles. The van der Waals surface area contributed by atoms with Gasteiger partial charge in [0.25, 0.3) is 0 Å². The first-order chi connectivity index (χ1) is 5.38. The van der Waals surface area contributed by atoms with Crippen molar-refractivity contribution in [2.24, 2.45) is 0 Å². The van der Waals surface area contributed by atoms with Crippen LogP contribution < -0.4 is 4.90 Å². The van der Waals surface area contributed by atoms with E-state index in [2.05, 4.69) is 22.0 Å². The zero-order chi connectivity index (χ0) is 7.68. The summed E-state index contributed by atoms with van der Waals surface area (Å²) in [6.45, 7) is 4.44. The molecular formula is C8H13N3. The highest BCUT2D eigenvalue weighted by atomic mass is 15.3. The first-order valence-corrected chi connectivity index (χ1v) is 4.13. The molecule has 0 amide bonds. The quantitative estimate of drug-likeness (QED) is 0.656. The smallest absolute Gasteiger partial charge is 0.153 e. The lowest BCUT2D eigenvalue weighted by Crippen LogP contribution is -2.18. The molecule has 1 N–H and O–H groups in total. The van der Waals surface area contributed by atoms with Crippen LogP contribution in [0.2, 0.25) is 0 Å². The van der Waals surface area contributed by atoms with Gasteiger partial charge in [0.05, 0.1) is 0 Å². The Morgan fingerprint density at radius 2 is 2.18 bits per heavy atom. The minimum absolute atomic E-state index is 1.14. The molecule has 2 rings (SSSR count). The van der Waals surface area contributed by atoms with Crippen molar-refractivity contribution in [1.82, 2.24) is 10.2 Å². The fraction of sp³-hybridized carbons (Fsp3) is 0.625. The van der Waals surface area contributed by atoms with Crippen molar-refractivity contribution >= 4 is 5.82 Å². The number of nitrogens with one attached hydrogen (secondary N) is 1. The molecule has 3 heteroatoms. The molecule has 0 unspecified atom stereocenters. The zero-order valence-electron chi connectivity index (χ0n) is 6.80. The van der Waals surface area contributed by atoms with Crippen molar-refractivity contribution in [3.8, 4) is 0 Å². The average molecular weight is 151 g/mol. The number of anilines is 1. The topological polar surface area (TPSA) is 31.9 Å². The third-order valence-electron chi connectivity index (χ3n) is 2.21. The number of nitrogens with zero attached hydrogens (tertiary/aromatic N) is 2. The third-order valence-corrected chi connectivity index (χ3v) is 2.21. The summed E-state index contributed by atoms with van der Waals surface area (Å²) in [6, 6.07) is 0. The van der Waals surface area contributed by atoms with Crippen LogP contribution in [-0.4, -0.2) is 23.3 Å². The Hall–Kier alpha value is -0.990. The monoisotopic (exact) mass is 151 g/mol. The number of aromatic amines is 1. The summed E-state index contributed by atoms with van der Waals surface area (Å²) in [4.78, 5) is 2.34. The molecule has 0 aromatic carbocycles. The molecule has 0 saturated carbocycles. The normalized spacial score (nSPS) is 17.7. The fourth-order valence-electron chi connectivity index (χ4n) is 1.59. The molecule has 0 spiro atoms. The second-order valence-corrected chi connectivity index (χ2v) is 3.09. The van der Waals surface area contributed by atoms with Crippen LogP contribution >= 0.6 is 0 Å². The van der Waals surface area contributed by atoms with E-state index in [0.717, 1.165) is 5.82 Å². The number of aromatic nitrogens is 2. The van der Waals surface area contributed by atoms with Crippen LogP contribution in [0.25, 0.3) is 0 Å². The fourth-order valence-corrected chi connectivity index (χ4v) is 1.59. The van der Waals surface area contributed by atoms with Gasteiger partial charge < -0.3 is 4.90 Å². The van der Waals surface area contributed by atoms with Gasteiger partial charge >= 0.3 is 0 Å². The van der Waals surface area contributed by atoms with Gasteiger partial charge in [-0.3, -0.25) is 5.10 Å². The van der Waals surface area contributed by atoms with Gasteiger partial charge in [0.2, 0.25) is 0 Å². The lowest BCUT2D eigenvalue weighted by atomic mass is 10.3. The maximum absolute atomic E-state index is 4.20. The van der Waals surface area contributed by atoms with Gasteiger partial charge in [0.15, 0.2) is 5.82 Å². The number of H-pyrrole nitrogens is 1. The van der Waals surface area contributed by atoms with E-state index in [9.17, 15) is 0 Å². The minimum atomic E-state index is 1.14. The van der Waals surface area contributed by atoms with E-state index < -0.39 is 0 Å². The lowest BCUT2D eigenvalue weighted by Gasteiger charge is -2.14. The Morgan fingerprint density at radius 3 is 2.73 bits per heavy atom. The van der Waals surface area contributed by atoms with E-state index in [-0.39, 0.29) is 0 Å². The molecule has 1 fully saturated rings. The maximum Gasteiger partial charge on any atom is 0.153 e. The van der Waals surface area contributed by atoms with Crippen LogP contribution in [0, 0.1) is 6.92 Å². The number of hydrogen-bond acceptors (Lipinski definition) is 2. The van der Waals surface area contributed by atoms with Crippen molar-refractivity contribution in [2.45, 2.75) is 19.8 Å². The first-order valence-electron chi connectivity index (χ1n) is 4.13. The Balaban J connectivity index is 2.21. The van der Waals surface area contributed by atoms with E-state index in [1.165, 1.54) is 31.5 Å². The van der Waals surface area contributed by atoms with Crippen molar-refractivity contribution in [2.75, 3.05) is 18.0 Å². The SMILES string of the molecule is Cc1c[nH]nc1N1CCCC1. The summed E-state index contributed by atoms with van der Waals surface area (Å²) in [5.41, 5.74) is 1.26. The Labute approximate surface area is 66.4 Å². The zero-order valence-corrected chi connectivity index (χ0v) is 6.80. The van der Waals surface area contributed by atoms with Crippen LogP contribution in [0.15, 0.2) is 6.20 Å². The van der Waals surface area contributed by atoms with E-state index in [1.807, 2.05) is 6.20 Å². The lowest BCUT2D eigenvalue weighted by molar-refractivity contribution is 0.917. The van der Waals surface area contributed by atoms with Gasteiger partial charge in [-0.1, -0.05) is 0 Å². The molecule has 0 aliphatic carbocycles. The molecule has 0 bridgehead atoms. The Bertz CT molecular complexity index is 235. The van der Waals surface area contributed by atoms with Crippen molar-refractivity contribution in [1.29, 1.82) is 0 Å². The molecule has 11 heavy (non-hydrogen) atoms. The van der Waals surface area contributed by atoms with Gasteiger partial charge in [-0.2, -0.15) is 5.10 Å². The molecule has 3 nitrogen and oxygen atoms in total. The molecule has 1 aromatic rings. The highest BCUT2D eigenvalue weighted by Gasteiger charge is 2.15. The largest absolute Gasteiger partial charge is 0.355 e. The summed E-state index contributed by atoms with van der Waals surface area (Å²) in [5.74, 6) is 1.14. The summed E-state index contributed by atoms with van der Waals surface area (Å²) in [7, 11) is 0. The van der Waals surface area contributed by atoms with E-state index >= 15 is 0 Å². The number of rotatable bonds is 1. The van der Waals surface area contributed by atoms with Crippen molar-refractivity contribution in [3.63, 3.8) is 0 Å². The molecule has 2 heterocycles. The van der Waals surface area contributed by atoms with E-state index in [1.54, 1.807) is 0 Å². The van der Waals surface area contributed by atoms with Crippen LogP contribution in [0.3, 0.4) is 0 Å².